The Morgan fingerprint density at radius 2 is 2.12 bits per heavy atom. The molecule has 1 rings (SSSR count). The molecule has 0 radical (unpaired) electrons. The van der Waals surface area contributed by atoms with Gasteiger partial charge in [0.25, 0.3) is 5.91 Å². The highest BCUT2D eigenvalue weighted by Crippen LogP contribution is 2.13. The third-order valence-corrected chi connectivity index (χ3v) is 2.60. The van der Waals surface area contributed by atoms with Crippen LogP contribution in [0.5, 0.6) is 0 Å². The van der Waals surface area contributed by atoms with E-state index in [1.165, 1.54) is 11.1 Å². The molecule has 0 aliphatic heterocycles. The minimum atomic E-state index is -0.532. The Morgan fingerprint density at radius 3 is 2.59 bits per heavy atom. The molecule has 0 fully saturated rings. The number of aromatic nitrogens is 1. The van der Waals surface area contributed by atoms with Crippen molar-refractivity contribution in [1.82, 2.24) is 9.88 Å². The molecule has 0 aliphatic carbocycles. The fourth-order valence-corrected chi connectivity index (χ4v) is 1.72. The third-order valence-electron chi connectivity index (χ3n) is 2.16. The highest BCUT2D eigenvalue weighted by Gasteiger charge is 2.20. The van der Waals surface area contributed by atoms with E-state index < -0.39 is 5.91 Å². The fraction of sp³-hybridized carbons (Fsp3) is 0.364. The molecule has 2 N–H and O–H groups in total. The minimum absolute atomic E-state index is 0.0942. The lowest BCUT2D eigenvalue weighted by Gasteiger charge is -2.25. The summed E-state index contributed by atoms with van der Waals surface area (Å²) in [6.07, 6.45) is 3.05. The van der Waals surface area contributed by atoms with Crippen LogP contribution in [0.2, 0.25) is 0 Å². The maximum absolute atomic E-state index is 12.1. The largest absolute Gasteiger partial charge is 0.368 e. The lowest BCUT2D eigenvalue weighted by molar-refractivity contribution is -0.119. The van der Waals surface area contributed by atoms with Gasteiger partial charge in [-0.1, -0.05) is 0 Å². The van der Waals surface area contributed by atoms with Gasteiger partial charge in [-0.2, -0.15) is 0 Å². The van der Waals surface area contributed by atoms with E-state index in [4.69, 9.17) is 5.73 Å². The molecule has 1 heterocycles. The molecular formula is C11H14BrN3O2. The molecule has 0 saturated heterocycles. The van der Waals surface area contributed by atoms with Crippen LogP contribution < -0.4 is 5.73 Å². The smallest absolute Gasteiger partial charge is 0.256 e. The summed E-state index contributed by atoms with van der Waals surface area (Å²) in [7, 11) is 0. The molecule has 1 aromatic heterocycles. The molecule has 6 heteroatoms. The topological polar surface area (TPSA) is 76.3 Å². The SMILES string of the molecule is CC(C)N(CC(N)=O)C(=O)c1cncc(Br)c1. The van der Waals surface area contributed by atoms with Crippen molar-refractivity contribution >= 4 is 27.7 Å². The van der Waals surface area contributed by atoms with Crippen LogP contribution in [0.25, 0.3) is 0 Å². The first-order valence-corrected chi connectivity index (χ1v) is 5.91. The molecule has 5 nitrogen and oxygen atoms in total. The number of amides is 2. The van der Waals surface area contributed by atoms with Crippen LogP contribution in [-0.2, 0) is 4.79 Å². The van der Waals surface area contributed by atoms with Gasteiger partial charge in [0, 0.05) is 22.9 Å². The van der Waals surface area contributed by atoms with Crippen LogP contribution in [0.3, 0.4) is 0 Å². The van der Waals surface area contributed by atoms with Crippen molar-refractivity contribution in [1.29, 1.82) is 0 Å². The van der Waals surface area contributed by atoms with Gasteiger partial charge in [0.15, 0.2) is 0 Å². The number of carbonyl (C=O) groups excluding carboxylic acids is 2. The summed E-state index contributed by atoms with van der Waals surface area (Å²) in [6, 6.07) is 1.56. The fourth-order valence-electron chi connectivity index (χ4n) is 1.35. The van der Waals surface area contributed by atoms with E-state index in [2.05, 4.69) is 20.9 Å². The predicted molar refractivity (Wildman–Crippen MR) is 67.3 cm³/mol. The maximum atomic E-state index is 12.1. The van der Waals surface area contributed by atoms with E-state index in [0.29, 0.717) is 10.0 Å². The number of carbonyl (C=O) groups is 2. The van der Waals surface area contributed by atoms with Gasteiger partial charge in [0.1, 0.15) is 0 Å². The zero-order valence-electron chi connectivity index (χ0n) is 9.68. The van der Waals surface area contributed by atoms with Crippen molar-refractivity contribution in [2.24, 2.45) is 5.73 Å². The van der Waals surface area contributed by atoms with E-state index >= 15 is 0 Å². The number of pyridine rings is 1. The number of nitrogens with two attached hydrogens (primary N) is 1. The Bertz CT molecular complexity index is 434. The highest BCUT2D eigenvalue weighted by molar-refractivity contribution is 9.10. The Kier molecular flexibility index (Phi) is 4.62. The van der Waals surface area contributed by atoms with Gasteiger partial charge >= 0.3 is 0 Å². The van der Waals surface area contributed by atoms with Crippen molar-refractivity contribution in [2.75, 3.05) is 6.54 Å². The van der Waals surface area contributed by atoms with E-state index in [-0.39, 0.29) is 18.5 Å². The van der Waals surface area contributed by atoms with Gasteiger partial charge < -0.3 is 10.6 Å². The van der Waals surface area contributed by atoms with Crippen LogP contribution in [0.1, 0.15) is 24.2 Å². The number of hydrogen-bond acceptors (Lipinski definition) is 3. The second-order valence-corrected chi connectivity index (χ2v) is 4.80. The van der Waals surface area contributed by atoms with E-state index in [1.54, 1.807) is 12.3 Å². The molecule has 0 spiro atoms. The first-order valence-electron chi connectivity index (χ1n) is 5.11. The number of rotatable bonds is 4. The van der Waals surface area contributed by atoms with Crippen LogP contribution >= 0.6 is 15.9 Å². The second-order valence-electron chi connectivity index (χ2n) is 3.88. The average Bonchev–Trinajstić information content (AvgIpc) is 2.24. The molecular weight excluding hydrogens is 286 g/mol. The summed E-state index contributed by atoms with van der Waals surface area (Å²) in [6.45, 7) is 3.56. The normalized spacial score (nSPS) is 10.4. The quantitative estimate of drug-likeness (QED) is 0.907. The zero-order valence-corrected chi connectivity index (χ0v) is 11.3. The first kappa shape index (κ1) is 13.6. The molecule has 0 aliphatic rings. The molecule has 2 amide bonds. The molecule has 0 atom stereocenters. The number of hydrogen-bond donors (Lipinski definition) is 1. The lowest BCUT2D eigenvalue weighted by atomic mass is 10.2. The lowest BCUT2D eigenvalue weighted by Crippen LogP contribution is -2.42. The summed E-state index contributed by atoms with van der Waals surface area (Å²) in [5.74, 6) is -0.789. The average molecular weight is 300 g/mol. The minimum Gasteiger partial charge on any atom is -0.368 e. The first-order chi connectivity index (χ1) is 7.91. The maximum Gasteiger partial charge on any atom is 0.256 e. The molecule has 0 saturated carbocycles. The van der Waals surface area contributed by atoms with Crippen molar-refractivity contribution in [3.63, 3.8) is 0 Å². The zero-order chi connectivity index (χ0) is 13.0. The number of primary amides is 1. The molecule has 1 aromatic rings. The van der Waals surface area contributed by atoms with Gasteiger partial charge in [-0.05, 0) is 35.8 Å². The van der Waals surface area contributed by atoms with Gasteiger partial charge in [-0.3, -0.25) is 14.6 Å². The molecule has 17 heavy (non-hydrogen) atoms. The van der Waals surface area contributed by atoms with Crippen molar-refractivity contribution < 1.29 is 9.59 Å². The Hall–Kier alpha value is -1.43. The van der Waals surface area contributed by atoms with Crippen molar-refractivity contribution in [3.05, 3.63) is 28.5 Å². The summed E-state index contributed by atoms with van der Waals surface area (Å²) < 4.78 is 0.714. The van der Waals surface area contributed by atoms with E-state index in [9.17, 15) is 9.59 Å². The Balaban J connectivity index is 2.95. The van der Waals surface area contributed by atoms with E-state index in [1.807, 2.05) is 13.8 Å². The summed E-state index contributed by atoms with van der Waals surface area (Å²) >= 11 is 3.24. The summed E-state index contributed by atoms with van der Waals surface area (Å²) in [5, 5.41) is 0. The van der Waals surface area contributed by atoms with Crippen molar-refractivity contribution in [2.45, 2.75) is 19.9 Å². The molecule has 0 bridgehead atoms. The second kappa shape index (κ2) is 5.77. The monoisotopic (exact) mass is 299 g/mol. The Labute approximate surface area is 108 Å². The molecule has 0 unspecified atom stereocenters. The summed E-state index contributed by atoms with van der Waals surface area (Å²) in [4.78, 5) is 28.4. The van der Waals surface area contributed by atoms with Crippen LogP contribution in [0.4, 0.5) is 0 Å². The van der Waals surface area contributed by atoms with E-state index in [0.717, 1.165) is 0 Å². The predicted octanol–water partition coefficient (Wildman–Crippen LogP) is 1.18. The number of halogens is 1. The third kappa shape index (κ3) is 3.81. The van der Waals surface area contributed by atoms with Gasteiger partial charge in [-0.25, -0.2) is 0 Å². The van der Waals surface area contributed by atoms with Gasteiger partial charge in [-0.15, -0.1) is 0 Å². The van der Waals surface area contributed by atoms with Crippen molar-refractivity contribution in [3.8, 4) is 0 Å². The van der Waals surface area contributed by atoms with Gasteiger partial charge in [0.05, 0.1) is 12.1 Å². The Morgan fingerprint density at radius 1 is 1.47 bits per heavy atom. The summed E-state index contributed by atoms with van der Waals surface area (Å²) in [5.41, 5.74) is 5.54. The molecule has 92 valence electrons. The standard InChI is InChI=1S/C11H14BrN3O2/c1-7(2)15(6-10(13)16)11(17)8-3-9(12)5-14-4-8/h3-5,7H,6H2,1-2H3,(H2,13,16). The van der Waals surface area contributed by atoms with Gasteiger partial charge in [0.2, 0.25) is 5.91 Å². The van der Waals surface area contributed by atoms with Crippen LogP contribution in [0, 0.1) is 0 Å². The van der Waals surface area contributed by atoms with Crippen LogP contribution in [0.15, 0.2) is 22.9 Å². The van der Waals surface area contributed by atoms with Crippen LogP contribution in [-0.4, -0.2) is 34.3 Å². The molecule has 0 aromatic carbocycles. The highest BCUT2D eigenvalue weighted by atomic mass is 79.9. The number of nitrogens with zero attached hydrogens (tertiary/aromatic N) is 2.